The molecule has 1 N–H and O–H groups in total. The lowest BCUT2D eigenvalue weighted by Gasteiger charge is -2.28. The van der Waals surface area contributed by atoms with Crippen molar-refractivity contribution in [2.45, 2.75) is 65.2 Å². The SMILES string of the molecule is CC(C)(C)c1cc(CCC(=O)OCCOCCS)cc(C(C)(C)C)c1O. The summed E-state index contributed by atoms with van der Waals surface area (Å²) in [5.41, 5.74) is 2.51. The number of rotatable bonds is 8. The van der Waals surface area contributed by atoms with Gasteiger partial charge in [-0.2, -0.15) is 12.6 Å². The van der Waals surface area contributed by atoms with Crippen molar-refractivity contribution in [3.63, 3.8) is 0 Å². The van der Waals surface area contributed by atoms with Gasteiger partial charge in [-0.25, -0.2) is 0 Å². The van der Waals surface area contributed by atoms with Gasteiger partial charge in [0.25, 0.3) is 0 Å². The molecule has 0 fully saturated rings. The van der Waals surface area contributed by atoms with Gasteiger partial charge in [0.15, 0.2) is 0 Å². The van der Waals surface area contributed by atoms with E-state index in [4.69, 9.17) is 9.47 Å². The lowest BCUT2D eigenvalue weighted by atomic mass is 9.78. The van der Waals surface area contributed by atoms with Crippen LogP contribution < -0.4 is 0 Å². The summed E-state index contributed by atoms with van der Waals surface area (Å²) in [6.45, 7) is 13.7. The number of carbonyl (C=O) groups is 1. The number of hydrogen-bond acceptors (Lipinski definition) is 5. The highest BCUT2D eigenvalue weighted by molar-refractivity contribution is 7.80. The molecule has 0 heterocycles. The number of ether oxygens (including phenoxy) is 2. The third-order valence-corrected chi connectivity index (χ3v) is 4.31. The Morgan fingerprint density at radius 1 is 1.00 bits per heavy atom. The largest absolute Gasteiger partial charge is 0.507 e. The fourth-order valence-corrected chi connectivity index (χ4v) is 2.81. The van der Waals surface area contributed by atoms with Crippen LogP contribution in [0.1, 0.15) is 64.7 Å². The van der Waals surface area contributed by atoms with Crippen LogP contribution in [0.4, 0.5) is 0 Å². The van der Waals surface area contributed by atoms with Gasteiger partial charge in [-0.1, -0.05) is 53.7 Å². The van der Waals surface area contributed by atoms with Crippen molar-refractivity contribution in [2.75, 3.05) is 25.6 Å². The predicted molar refractivity (Wildman–Crippen MR) is 109 cm³/mol. The first kappa shape index (κ1) is 22.8. The Balaban J connectivity index is 2.82. The number of phenols is 1. The molecule has 148 valence electrons. The lowest BCUT2D eigenvalue weighted by molar-refractivity contribution is -0.145. The number of hydrogen-bond donors (Lipinski definition) is 2. The second-order valence-electron chi connectivity index (χ2n) is 8.60. The minimum absolute atomic E-state index is 0.176. The molecule has 0 saturated carbocycles. The molecule has 0 aromatic heterocycles. The van der Waals surface area contributed by atoms with Crippen LogP contribution in [-0.2, 0) is 31.5 Å². The summed E-state index contributed by atoms with van der Waals surface area (Å²) in [7, 11) is 0. The van der Waals surface area contributed by atoms with E-state index < -0.39 is 0 Å². The van der Waals surface area contributed by atoms with E-state index in [1.165, 1.54) is 0 Å². The van der Waals surface area contributed by atoms with E-state index >= 15 is 0 Å². The summed E-state index contributed by atoms with van der Waals surface area (Å²) < 4.78 is 10.4. The molecular weight excluding hydrogens is 348 g/mol. The summed E-state index contributed by atoms with van der Waals surface area (Å²) >= 11 is 4.05. The number of aryl methyl sites for hydroxylation is 1. The van der Waals surface area contributed by atoms with Gasteiger partial charge in [-0.05, 0) is 33.9 Å². The van der Waals surface area contributed by atoms with Gasteiger partial charge in [-0.3, -0.25) is 4.79 Å². The molecule has 0 spiro atoms. The van der Waals surface area contributed by atoms with Crippen LogP contribution >= 0.6 is 12.6 Å². The molecule has 4 nitrogen and oxygen atoms in total. The number of esters is 1. The number of aromatic hydroxyl groups is 1. The van der Waals surface area contributed by atoms with Gasteiger partial charge < -0.3 is 14.6 Å². The molecule has 0 radical (unpaired) electrons. The Morgan fingerprint density at radius 3 is 2.00 bits per heavy atom. The third kappa shape index (κ3) is 7.20. The molecule has 0 aliphatic rings. The molecule has 0 bridgehead atoms. The summed E-state index contributed by atoms with van der Waals surface area (Å²) in [4.78, 5) is 11.9. The normalized spacial score (nSPS) is 12.3. The highest BCUT2D eigenvalue weighted by Crippen LogP contribution is 2.39. The summed E-state index contributed by atoms with van der Waals surface area (Å²) in [5.74, 6) is 0.779. The van der Waals surface area contributed by atoms with E-state index in [9.17, 15) is 9.90 Å². The third-order valence-electron chi connectivity index (χ3n) is 4.13. The molecule has 1 rings (SSSR count). The van der Waals surface area contributed by atoms with Crippen LogP contribution in [0.3, 0.4) is 0 Å². The Labute approximate surface area is 163 Å². The van der Waals surface area contributed by atoms with E-state index in [-0.39, 0.29) is 23.4 Å². The van der Waals surface area contributed by atoms with Crippen molar-refractivity contribution in [2.24, 2.45) is 0 Å². The fourth-order valence-electron chi connectivity index (χ4n) is 2.68. The Morgan fingerprint density at radius 2 is 1.54 bits per heavy atom. The van der Waals surface area contributed by atoms with Gasteiger partial charge >= 0.3 is 5.97 Å². The fraction of sp³-hybridized carbons (Fsp3) is 0.667. The minimum atomic E-state index is -0.234. The van der Waals surface area contributed by atoms with Crippen LogP contribution in [0, 0.1) is 0 Å². The van der Waals surface area contributed by atoms with Crippen molar-refractivity contribution >= 4 is 18.6 Å². The predicted octanol–water partition coefficient (Wildman–Crippen LogP) is 4.41. The molecule has 1 aromatic carbocycles. The average Bonchev–Trinajstić information content (AvgIpc) is 2.51. The van der Waals surface area contributed by atoms with E-state index in [0.717, 1.165) is 16.7 Å². The van der Waals surface area contributed by atoms with Crippen molar-refractivity contribution in [3.8, 4) is 5.75 Å². The van der Waals surface area contributed by atoms with E-state index in [1.807, 2.05) is 12.1 Å². The number of thiol groups is 1. The Hall–Kier alpha value is -1.20. The zero-order valence-corrected chi connectivity index (χ0v) is 17.9. The zero-order valence-electron chi connectivity index (χ0n) is 17.0. The van der Waals surface area contributed by atoms with Gasteiger partial charge in [0, 0.05) is 12.2 Å². The maximum absolute atomic E-state index is 11.9. The molecule has 0 atom stereocenters. The molecule has 5 heteroatoms. The molecular formula is C21H34O4S. The molecule has 0 saturated heterocycles. The monoisotopic (exact) mass is 382 g/mol. The summed E-state index contributed by atoms with van der Waals surface area (Å²) in [6.07, 6.45) is 0.896. The van der Waals surface area contributed by atoms with Crippen molar-refractivity contribution in [1.29, 1.82) is 0 Å². The molecule has 0 aliphatic heterocycles. The lowest BCUT2D eigenvalue weighted by Crippen LogP contribution is -2.18. The first-order valence-electron chi connectivity index (χ1n) is 9.18. The quantitative estimate of drug-likeness (QED) is 0.397. The van der Waals surface area contributed by atoms with Crippen LogP contribution in [0.25, 0.3) is 0 Å². The maximum atomic E-state index is 11.9. The van der Waals surface area contributed by atoms with Crippen LogP contribution in [0.15, 0.2) is 12.1 Å². The zero-order chi connectivity index (χ0) is 20.0. The van der Waals surface area contributed by atoms with Crippen molar-refractivity contribution in [3.05, 3.63) is 28.8 Å². The first-order valence-corrected chi connectivity index (χ1v) is 9.81. The highest BCUT2D eigenvalue weighted by Gasteiger charge is 2.26. The van der Waals surface area contributed by atoms with Gasteiger partial charge in [-0.15, -0.1) is 0 Å². The summed E-state index contributed by atoms with van der Waals surface area (Å²) in [6, 6.07) is 4.02. The molecule has 26 heavy (non-hydrogen) atoms. The van der Waals surface area contributed by atoms with Gasteiger partial charge in [0.1, 0.15) is 12.4 Å². The average molecular weight is 383 g/mol. The Kier molecular flexibility index (Phi) is 8.48. The van der Waals surface area contributed by atoms with Crippen LogP contribution in [0.5, 0.6) is 5.75 Å². The van der Waals surface area contributed by atoms with E-state index in [1.54, 1.807) is 0 Å². The van der Waals surface area contributed by atoms with Crippen LogP contribution in [-0.4, -0.2) is 36.6 Å². The minimum Gasteiger partial charge on any atom is -0.507 e. The number of carbonyl (C=O) groups excluding carboxylic acids is 1. The smallest absolute Gasteiger partial charge is 0.306 e. The van der Waals surface area contributed by atoms with Crippen molar-refractivity contribution < 1.29 is 19.4 Å². The van der Waals surface area contributed by atoms with Crippen molar-refractivity contribution in [1.82, 2.24) is 0 Å². The number of benzene rings is 1. The van der Waals surface area contributed by atoms with Crippen LogP contribution in [0.2, 0.25) is 0 Å². The maximum Gasteiger partial charge on any atom is 0.306 e. The molecule has 0 aliphatic carbocycles. The number of phenolic OH excluding ortho intramolecular Hbond substituents is 1. The van der Waals surface area contributed by atoms with Gasteiger partial charge in [0.2, 0.25) is 0 Å². The summed E-state index contributed by atoms with van der Waals surface area (Å²) in [5, 5.41) is 10.7. The standard InChI is InChI=1S/C21H34O4S/c1-20(2,3)16-13-15(14-17(19(16)23)21(4,5)6)7-8-18(22)25-10-9-24-11-12-26/h13-14,23,26H,7-12H2,1-6H3. The van der Waals surface area contributed by atoms with E-state index in [0.29, 0.717) is 37.6 Å². The highest BCUT2D eigenvalue weighted by atomic mass is 32.1. The van der Waals surface area contributed by atoms with E-state index in [2.05, 4.69) is 54.2 Å². The molecule has 0 unspecified atom stereocenters. The molecule has 0 amide bonds. The van der Waals surface area contributed by atoms with Gasteiger partial charge in [0.05, 0.1) is 13.2 Å². The molecule has 1 aromatic rings. The Bertz CT molecular complexity index is 562. The second-order valence-corrected chi connectivity index (χ2v) is 9.04. The first-order chi connectivity index (χ1) is 12.0. The topological polar surface area (TPSA) is 55.8 Å². The second kappa shape index (κ2) is 9.65.